The first-order valence-corrected chi connectivity index (χ1v) is 7.77. The number of fused-ring (bicyclic) bond motifs is 3. The summed E-state index contributed by atoms with van der Waals surface area (Å²) in [7, 11) is 0. The Morgan fingerprint density at radius 1 is 0.950 bits per heavy atom. The summed E-state index contributed by atoms with van der Waals surface area (Å²) in [6, 6.07) is 18.8. The molecule has 0 N–H and O–H groups in total. The number of rotatable bonds is 1. The van der Waals surface area contributed by atoms with Crippen LogP contribution in [0.3, 0.4) is 0 Å². The van der Waals surface area contributed by atoms with Crippen LogP contribution in [0.2, 0.25) is 0 Å². The summed E-state index contributed by atoms with van der Waals surface area (Å²) in [6.07, 6.45) is 4.04. The lowest BCUT2D eigenvalue weighted by atomic mass is 9.84. The number of benzene rings is 2. The van der Waals surface area contributed by atoms with Gasteiger partial charge in [0.2, 0.25) is 0 Å². The lowest BCUT2D eigenvalue weighted by molar-refractivity contribution is 0.451. The van der Waals surface area contributed by atoms with E-state index in [0.717, 1.165) is 0 Å². The van der Waals surface area contributed by atoms with Crippen LogP contribution in [0.25, 0.3) is 0 Å². The van der Waals surface area contributed by atoms with Crippen molar-refractivity contribution < 1.29 is 0 Å². The van der Waals surface area contributed by atoms with Crippen LogP contribution in [0.15, 0.2) is 48.5 Å². The topological polar surface area (TPSA) is 3.24 Å². The van der Waals surface area contributed by atoms with Gasteiger partial charge >= 0.3 is 0 Å². The SMILES string of the molecule is Cc1ccc([C@H]2c3ccccc3N3CCCC[C@@H]23)cc1. The van der Waals surface area contributed by atoms with Crippen LogP contribution in [0, 0.1) is 6.92 Å². The summed E-state index contributed by atoms with van der Waals surface area (Å²) in [5.41, 5.74) is 5.84. The van der Waals surface area contributed by atoms with Crippen LogP contribution in [0.5, 0.6) is 0 Å². The molecule has 2 aromatic carbocycles. The Balaban J connectivity index is 1.83. The van der Waals surface area contributed by atoms with Gasteiger partial charge in [0, 0.05) is 24.2 Å². The molecule has 0 bridgehead atoms. The lowest BCUT2D eigenvalue weighted by Gasteiger charge is -2.34. The highest BCUT2D eigenvalue weighted by molar-refractivity contribution is 5.65. The molecule has 1 heteroatoms. The third-order valence-corrected chi connectivity index (χ3v) is 4.95. The molecule has 0 unspecified atom stereocenters. The molecule has 2 aliphatic heterocycles. The minimum Gasteiger partial charge on any atom is -0.367 e. The molecule has 1 saturated heterocycles. The summed E-state index contributed by atoms with van der Waals surface area (Å²) in [6.45, 7) is 3.39. The molecule has 2 atom stereocenters. The fourth-order valence-electron chi connectivity index (χ4n) is 4.00. The van der Waals surface area contributed by atoms with Crippen molar-refractivity contribution in [3.05, 3.63) is 65.2 Å². The van der Waals surface area contributed by atoms with Crippen molar-refractivity contribution >= 4 is 5.69 Å². The van der Waals surface area contributed by atoms with Gasteiger partial charge < -0.3 is 4.90 Å². The summed E-state index contributed by atoms with van der Waals surface area (Å²) < 4.78 is 0. The molecule has 0 spiro atoms. The zero-order chi connectivity index (χ0) is 13.5. The van der Waals surface area contributed by atoms with Gasteiger partial charge in [-0.1, -0.05) is 48.0 Å². The number of para-hydroxylation sites is 1. The van der Waals surface area contributed by atoms with E-state index in [-0.39, 0.29) is 0 Å². The van der Waals surface area contributed by atoms with E-state index < -0.39 is 0 Å². The number of piperidine rings is 1. The van der Waals surface area contributed by atoms with Crippen LogP contribution in [0.4, 0.5) is 5.69 Å². The van der Waals surface area contributed by atoms with E-state index in [1.165, 1.54) is 48.2 Å². The zero-order valence-electron chi connectivity index (χ0n) is 12.0. The lowest BCUT2D eigenvalue weighted by Crippen LogP contribution is -2.38. The molecule has 1 fully saturated rings. The minimum atomic E-state index is 0.562. The Labute approximate surface area is 121 Å². The van der Waals surface area contributed by atoms with Gasteiger partial charge in [0.1, 0.15) is 0 Å². The molecule has 0 aliphatic carbocycles. The van der Waals surface area contributed by atoms with Crippen molar-refractivity contribution in [2.24, 2.45) is 0 Å². The quantitative estimate of drug-likeness (QED) is 0.732. The van der Waals surface area contributed by atoms with Crippen molar-refractivity contribution in [3.63, 3.8) is 0 Å². The summed E-state index contributed by atoms with van der Waals surface area (Å²) in [5.74, 6) is 0.562. The van der Waals surface area contributed by atoms with Gasteiger partial charge in [-0.05, 0) is 43.4 Å². The average molecular weight is 263 g/mol. The normalized spacial score (nSPS) is 24.4. The molecule has 102 valence electrons. The van der Waals surface area contributed by atoms with E-state index >= 15 is 0 Å². The molecule has 0 aromatic heterocycles. The van der Waals surface area contributed by atoms with Crippen LogP contribution in [0.1, 0.15) is 41.9 Å². The minimum absolute atomic E-state index is 0.562. The molecular weight excluding hydrogens is 242 g/mol. The highest BCUT2D eigenvalue weighted by Crippen LogP contribution is 2.47. The van der Waals surface area contributed by atoms with Crippen molar-refractivity contribution in [3.8, 4) is 0 Å². The molecule has 2 aliphatic rings. The van der Waals surface area contributed by atoms with Crippen LogP contribution in [-0.4, -0.2) is 12.6 Å². The van der Waals surface area contributed by atoms with Crippen LogP contribution in [-0.2, 0) is 0 Å². The maximum Gasteiger partial charge on any atom is 0.0408 e. The first kappa shape index (κ1) is 12.0. The van der Waals surface area contributed by atoms with Gasteiger partial charge in [-0.3, -0.25) is 0 Å². The molecule has 4 rings (SSSR count). The van der Waals surface area contributed by atoms with E-state index in [1.54, 1.807) is 0 Å². The Hall–Kier alpha value is -1.76. The predicted molar refractivity (Wildman–Crippen MR) is 84.4 cm³/mol. The molecule has 2 heterocycles. The van der Waals surface area contributed by atoms with Gasteiger partial charge in [-0.2, -0.15) is 0 Å². The van der Waals surface area contributed by atoms with Crippen molar-refractivity contribution in [1.82, 2.24) is 0 Å². The van der Waals surface area contributed by atoms with E-state index in [4.69, 9.17) is 0 Å². The summed E-state index contributed by atoms with van der Waals surface area (Å²) >= 11 is 0. The highest BCUT2D eigenvalue weighted by atomic mass is 15.2. The fourth-order valence-corrected chi connectivity index (χ4v) is 4.00. The second-order valence-corrected chi connectivity index (χ2v) is 6.20. The number of hydrogen-bond donors (Lipinski definition) is 0. The molecule has 20 heavy (non-hydrogen) atoms. The molecule has 1 nitrogen and oxygen atoms in total. The van der Waals surface area contributed by atoms with Gasteiger partial charge in [0.15, 0.2) is 0 Å². The predicted octanol–water partition coefficient (Wildman–Crippen LogP) is 4.50. The Bertz CT molecular complexity index is 614. The largest absolute Gasteiger partial charge is 0.367 e. The third-order valence-electron chi connectivity index (χ3n) is 4.95. The first-order valence-electron chi connectivity index (χ1n) is 7.77. The van der Waals surface area contributed by atoms with Crippen molar-refractivity contribution in [2.75, 3.05) is 11.4 Å². The Morgan fingerprint density at radius 3 is 2.60 bits per heavy atom. The average Bonchev–Trinajstić information content (AvgIpc) is 2.83. The van der Waals surface area contributed by atoms with E-state index in [1.807, 2.05) is 0 Å². The number of anilines is 1. The van der Waals surface area contributed by atoms with Crippen LogP contribution >= 0.6 is 0 Å². The highest BCUT2D eigenvalue weighted by Gasteiger charge is 2.39. The molecular formula is C19H21N. The monoisotopic (exact) mass is 263 g/mol. The molecule has 2 aromatic rings. The first-order chi connectivity index (χ1) is 9.84. The molecule has 0 radical (unpaired) electrons. The second-order valence-electron chi connectivity index (χ2n) is 6.20. The van der Waals surface area contributed by atoms with Gasteiger partial charge in [-0.25, -0.2) is 0 Å². The van der Waals surface area contributed by atoms with Crippen molar-refractivity contribution in [1.29, 1.82) is 0 Å². The second kappa shape index (κ2) is 4.66. The van der Waals surface area contributed by atoms with E-state index in [9.17, 15) is 0 Å². The maximum atomic E-state index is 2.66. The Morgan fingerprint density at radius 2 is 1.75 bits per heavy atom. The van der Waals surface area contributed by atoms with Crippen molar-refractivity contribution in [2.45, 2.75) is 38.1 Å². The van der Waals surface area contributed by atoms with Gasteiger partial charge in [0.05, 0.1) is 0 Å². The molecule has 0 saturated carbocycles. The van der Waals surface area contributed by atoms with Gasteiger partial charge in [-0.15, -0.1) is 0 Å². The number of hydrogen-bond acceptors (Lipinski definition) is 1. The van der Waals surface area contributed by atoms with Gasteiger partial charge in [0.25, 0.3) is 0 Å². The van der Waals surface area contributed by atoms with Crippen LogP contribution < -0.4 is 4.90 Å². The molecule has 0 amide bonds. The zero-order valence-corrected chi connectivity index (χ0v) is 12.0. The Kier molecular flexibility index (Phi) is 2.80. The summed E-state index contributed by atoms with van der Waals surface area (Å²) in [5, 5.41) is 0. The van der Waals surface area contributed by atoms with E-state index in [0.29, 0.717) is 12.0 Å². The fraction of sp³-hybridized carbons (Fsp3) is 0.368. The maximum absolute atomic E-state index is 2.66. The standard InChI is InChI=1S/C19H21N/c1-14-9-11-15(12-10-14)19-16-6-2-3-7-17(16)20-13-5-4-8-18(19)20/h2-3,6-7,9-12,18-19H,4-5,8,13H2,1H3/t18-,19-/m0/s1. The number of aryl methyl sites for hydroxylation is 1. The number of nitrogens with zero attached hydrogens (tertiary/aromatic N) is 1. The van der Waals surface area contributed by atoms with E-state index in [2.05, 4.69) is 60.4 Å². The third kappa shape index (κ3) is 1.76. The summed E-state index contributed by atoms with van der Waals surface area (Å²) in [4.78, 5) is 2.66. The smallest absolute Gasteiger partial charge is 0.0408 e.